The highest BCUT2D eigenvalue weighted by Crippen LogP contribution is 2.25. The Morgan fingerprint density at radius 3 is 2.26 bits per heavy atom. The zero-order chi connectivity index (χ0) is 16.3. The monoisotopic (exact) mass is 346 g/mol. The van der Waals surface area contributed by atoms with Gasteiger partial charge >= 0.3 is 6.03 Å². The van der Waals surface area contributed by atoms with Crippen LogP contribution in [0.2, 0.25) is 0 Å². The molecule has 2 saturated heterocycles. The van der Waals surface area contributed by atoms with Crippen LogP contribution >= 0.6 is 12.4 Å². The smallest absolute Gasteiger partial charge is 0.325 e. The molecule has 2 aliphatic rings. The molecule has 2 aliphatic heterocycles. The average molecular weight is 347 g/mol. The first-order valence-corrected chi connectivity index (χ1v) is 8.06. The van der Waals surface area contributed by atoms with Gasteiger partial charge in [0.1, 0.15) is 12.1 Å². The second-order valence-electron chi connectivity index (χ2n) is 6.05. The van der Waals surface area contributed by atoms with Crippen molar-refractivity contribution in [3.8, 4) is 0 Å². The van der Waals surface area contributed by atoms with E-state index in [4.69, 9.17) is 0 Å². The lowest BCUT2D eigenvalue weighted by Gasteiger charge is -2.32. The molecule has 0 aromatic carbocycles. The van der Waals surface area contributed by atoms with E-state index in [1.54, 1.807) is 4.90 Å². The number of piperidine rings is 1. The largest absolute Gasteiger partial charge is 0.341 e. The fourth-order valence-electron chi connectivity index (χ4n) is 3.20. The van der Waals surface area contributed by atoms with Crippen molar-refractivity contribution in [3.63, 3.8) is 0 Å². The minimum absolute atomic E-state index is 0. The number of urea groups is 1. The number of nitrogens with one attached hydrogen (secondary N) is 2. The summed E-state index contributed by atoms with van der Waals surface area (Å²) in [5.74, 6) is -0.429. The molecular weight excluding hydrogens is 320 g/mol. The van der Waals surface area contributed by atoms with Crippen molar-refractivity contribution < 1.29 is 14.4 Å². The zero-order valence-corrected chi connectivity index (χ0v) is 14.9. The number of halogens is 1. The lowest BCUT2D eigenvalue weighted by Crippen LogP contribution is -2.49. The first-order chi connectivity index (χ1) is 10.5. The van der Waals surface area contributed by atoms with E-state index in [0.717, 1.165) is 17.7 Å². The van der Waals surface area contributed by atoms with E-state index in [1.807, 2.05) is 20.9 Å². The van der Waals surface area contributed by atoms with Gasteiger partial charge in [-0.3, -0.25) is 14.5 Å². The van der Waals surface area contributed by atoms with Crippen LogP contribution in [0.15, 0.2) is 0 Å². The fourth-order valence-corrected chi connectivity index (χ4v) is 3.20. The van der Waals surface area contributed by atoms with Crippen LogP contribution in [0.1, 0.15) is 39.5 Å². The Kier molecular flexibility index (Phi) is 6.83. The maximum atomic E-state index is 12.5. The molecule has 0 bridgehead atoms. The number of rotatable bonds is 5. The molecule has 0 radical (unpaired) electrons. The lowest BCUT2D eigenvalue weighted by molar-refractivity contribution is -0.139. The molecule has 2 rings (SSSR count). The molecule has 2 heterocycles. The van der Waals surface area contributed by atoms with E-state index in [0.29, 0.717) is 32.0 Å². The molecule has 0 aromatic rings. The second-order valence-corrected chi connectivity index (χ2v) is 6.05. The van der Waals surface area contributed by atoms with Crippen LogP contribution < -0.4 is 10.6 Å². The van der Waals surface area contributed by atoms with E-state index in [2.05, 4.69) is 10.6 Å². The maximum absolute atomic E-state index is 12.5. The summed E-state index contributed by atoms with van der Waals surface area (Å²) in [4.78, 5) is 39.7. The van der Waals surface area contributed by atoms with E-state index < -0.39 is 11.6 Å². The Bertz CT molecular complexity index is 460. The predicted molar refractivity (Wildman–Crippen MR) is 89.5 cm³/mol. The number of hydrogen-bond acceptors (Lipinski definition) is 4. The van der Waals surface area contributed by atoms with Gasteiger partial charge in [-0.05, 0) is 32.7 Å². The predicted octanol–water partition coefficient (Wildman–Crippen LogP) is 0.729. The topological polar surface area (TPSA) is 81.8 Å². The minimum Gasteiger partial charge on any atom is -0.341 e. The van der Waals surface area contributed by atoms with Crippen LogP contribution in [0.4, 0.5) is 4.79 Å². The summed E-state index contributed by atoms with van der Waals surface area (Å²) in [6, 6.07) is -0.0132. The van der Waals surface area contributed by atoms with Crippen molar-refractivity contribution in [2.45, 2.75) is 51.1 Å². The van der Waals surface area contributed by atoms with Gasteiger partial charge in [0.25, 0.3) is 5.91 Å². The van der Waals surface area contributed by atoms with Crippen LogP contribution in [0.25, 0.3) is 0 Å². The Morgan fingerprint density at radius 2 is 1.83 bits per heavy atom. The number of nitrogens with zero attached hydrogens (tertiary/aromatic N) is 2. The maximum Gasteiger partial charge on any atom is 0.325 e. The normalized spacial score (nSPS) is 21.2. The van der Waals surface area contributed by atoms with E-state index in [-0.39, 0.29) is 30.8 Å². The Hall–Kier alpha value is -1.34. The molecule has 0 unspecified atom stereocenters. The van der Waals surface area contributed by atoms with Crippen molar-refractivity contribution >= 4 is 30.3 Å². The molecular formula is C15H27ClN4O3. The second kappa shape index (κ2) is 7.97. The average Bonchev–Trinajstić information content (AvgIpc) is 2.79. The molecule has 0 saturated carbocycles. The van der Waals surface area contributed by atoms with Crippen molar-refractivity contribution in [1.82, 2.24) is 20.4 Å². The van der Waals surface area contributed by atoms with Gasteiger partial charge in [0.05, 0.1) is 0 Å². The van der Waals surface area contributed by atoms with Crippen molar-refractivity contribution in [1.29, 1.82) is 0 Å². The fraction of sp³-hybridized carbons (Fsp3) is 0.800. The molecule has 0 spiro atoms. The highest BCUT2D eigenvalue weighted by atomic mass is 35.5. The molecule has 8 heteroatoms. The van der Waals surface area contributed by atoms with Crippen molar-refractivity contribution in [2.24, 2.45) is 0 Å². The van der Waals surface area contributed by atoms with Crippen molar-refractivity contribution in [3.05, 3.63) is 0 Å². The van der Waals surface area contributed by atoms with Gasteiger partial charge in [-0.2, -0.15) is 0 Å². The van der Waals surface area contributed by atoms with Crippen LogP contribution in [0.5, 0.6) is 0 Å². The first-order valence-electron chi connectivity index (χ1n) is 8.06. The molecule has 2 N–H and O–H groups in total. The number of carbonyl (C=O) groups is 3. The van der Waals surface area contributed by atoms with Gasteiger partial charge in [-0.1, -0.05) is 13.8 Å². The summed E-state index contributed by atoms with van der Waals surface area (Å²) in [7, 11) is 1.92. The standard InChI is InChI=1S/C15H26N4O3.ClH/c1-4-15(5-2)13(21)19(14(22)17-15)10-12(20)18-8-6-11(16-3)7-9-18;/h11,16H,4-10H2,1-3H3,(H,17,22);1H. The molecule has 4 amide bonds. The van der Waals surface area contributed by atoms with Gasteiger partial charge in [0.2, 0.25) is 5.91 Å². The highest BCUT2D eigenvalue weighted by Gasteiger charge is 2.49. The summed E-state index contributed by atoms with van der Waals surface area (Å²) in [5, 5.41) is 5.96. The van der Waals surface area contributed by atoms with Crippen LogP contribution in [-0.2, 0) is 9.59 Å². The summed E-state index contributed by atoms with van der Waals surface area (Å²) in [5.41, 5.74) is -0.837. The molecule has 23 heavy (non-hydrogen) atoms. The molecule has 0 atom stereocenters. The molecule has 0 aliphatic carbocycles. The summed E-state index contributed by atoms with van der Waals surface area (Å²) in [6.07, 6.45) is 2.87. The Balaban J connectivity index is 0.00000264. The number of amides is 4. The van der Waals surface area contributed by atoms with Gasteiger partial charge in [-0.15, -0.1) is 12.4 Å². The first kappa shape index (κ1) is 19.7. The Labute approximate surface area is 143 Å². The van der Waals surface area contributed by atoms with Gasteiger partial charge in [0, 0.05) is 19.1 Å². The molecule has 0 aromatic heterocycles. The van der Waals surface area contributed by atoms with Crippen LogP contribution in [0, 0.1) is 0 Å². The van der Waals surface area contributed by atoms with E-state index in [1.165, 1.54) is 0 Å². The summed E-state index contributed by atoms with van der Waals surface area (Å²) < 4.78 is 0. The third kappa shape index (κ3) is 3.77. The number of imide groups is 1. The third-order valence-electron chi connectivity index (χ3n) is 5.00. The van der Waals surface area contributed by atoms with Gasteiger partial charge in [-0.25, -0.2) is 4.79 Å². The molecule has 2 fully saturated rings. The quantitative estimate of drug-likeness (QED) is 0.719. The Morgan fingerprint density at radius 1 is 1.26 bits per heavy atom. The van der Waals surface area contributed by atoms with Gasteiger partial charge in [0.15, 0.2) is 0 Å². The highest BCUT2D eigenvalue weighted by molar-refractivity contribution is 6.08. The molecule has 7 nitrogen and oxygen atoms in total. The zero-order valence-electron chi connectivity index (χ0n) is 14.1. The van der Waals surface area contributed by atoms with Crippen LogP contribution in [0.3, 0.4) is 0 Å². The SMILES string of the molecule is CCC1(CC)NC(=O)N(CC(=O)N2CCC(NC)CC2)C1=O.Cl. The summed E-state index contributed by atoms with van der Waals surface area (Å²) in [6.45, 7) is 4.92. The van der Waals surface area contributed by atoms with Crippen molar-refractivity contribution in [2.75, 3.05) is 26.7 Å². The number of likely N-dealkylation sites (tertiary alicyclic amines) is 1. The third-order valence-corrected chi connectivity index (χ3v) is 5.00. The van der Waals surface area contributed by atoms with Crippen LogP contribution in [-0.4, -0.2) is 65.9 Å². The molecule has 132 valence electrons. The van der Waals surface area contributed by atoms with E-state index >= 15 is 0 Å². The number of hydrogen-bond donors (Lipinski definition) is 2. The number of carbonyl (C=O) groups excluding carboxylic acids is 3. The van der Waals surface area contributed by atoms with E-state index in [9.17, 15) is 14.4 Å². The minimum atomic E-state index is -0.837. The lowest BCUT2D eigenvalue weighted by atomic mass is 9.93. The van der Waals surface area contributed by atoms with Gasteiger partial charge < -0.3 is 15.5 Å². The summed E-state index contributed by atoms with van der Waals surface area (Å²) >= 11 is 0.